The highest BCUT2D eigenvalue weighted by molar-refractivity contribution is 5.90. The third kappa shape index (κ3) is 3.40. The van der Waals surface area contributed by atoms with Crippen molar-refractivity contribution in [3.05, 3.63) is 24.5 Å². The van der Waals surface area contributed by atoms with Gasteiger partial charge >= 0.3 is 0 Å². The average Bonchev–Trinajstić information content (AvgIpc) is 3.51. The summed E-state index contributed by atoms with van der Waals surface area (Å²) in [6.45, 7) is 7.87. The first-order valence-electron chi connectivity index (χ1n) is 10.8. The van der Waals surface area contributed by atoms with Gasteiger partial charge in [0.1, 0.15) is 24.0 Å². The van der Waals surface area contributed by atoms with Crippen molar-refractivity contribution < 1.29 is 9.53 Å². The second-order valence-corrected chi connectivity index (χ2v) is 8.03. The number of fused-ring (bicyclic) bond motifs is 3. The highest BCUT2D eigenvalue weighted by Gasteiger charge is 2.43. The van der Waals surface area contributed by atoms with Crippen LogP contribution in [0.15, 0.2) is 18.7 Å². The molecule has 0 aromatic carbocycles. The summed E-state index contributed by atoms with van der Waals surface area (Å²) in [6, 6.07) is -0.193. The largest absolute Gasteiger partial charge is 0.374 e. The van der Waals surface area contributed by atoms with Crippen LogP contribution in [0.25, 0.3) is 22.6 Å². The molecule has 0 unspecified atom stereocenters. The summed E-state index contributed by atoms with van der Waals surface area (Å²) in [5.41, 5.74) is 2.16. The highest BCUT2D eigenvalue weighted by atomic mass is 16.5. The Hall–Kier alpha value is -3.14. The number of imidazole rings is 1. The molecule has 0 spiro atoms. The van der Waals surface area contributed by atoms with E-state index in [9.17, 15) is 4.79 Å². The highest BCUT2D eigenvalue weighted by Crippen LogP contribution is 2.30. The van der Waals surface area contributed by atoms with Gasteiger partial charge in [-0.15, -0.1) is 0 Å². The number of nitrogens with one attached hydrogen (secondary N) is 1. The Labute approximate surface area is 180 Å². The minimum Gasteiger partial charge on any atom is -0.374 e. The Morgan fingerprint density at radius 1 is 1.26 bits per heavy atom. The van der Waals surface area contributed by atoms with Crippen molar-refractivity contribution in [2.24, 2.45) is 0 Å². The molecule has 0 saturated carbocycles. The molecule has 1 amide bonds. The number of anilines is 1. The van der Waals surface area contributed by atoms with E-state index in [0.29, 0.717) is 48.9 Å². The molecular formula is C21H26N8O2. The first-order valence-corrected chi connectivity index (χ1v) is 10.8. The van der Waals surface area contributed by atoms with Crippen LogP contribution in [0.1, 0.15) is 32.5 Å². The number of aromatic nitrogens is 6. The van der Waals surface area contributed by atoms with Crippen molar-refractivity contribution in [3.8, 4) is 11.4 Å². The van der Waals surface area contributed by atoms with Gasteiger partial charge in [0.05, 0.1) is 24.3 Å². The molecule has 3 aromatic heterocycles. The molecule has 10 nitrogen and oxygen atoms in total. The topological polar surface area (TPSA) is 111 Å². The van der Waals surface area contributed by atoms with Crippen molar-refractivity contribution in [2.75, 3.05) is 18.5 Å². The van der Waals surface area contributed by atoms with Gasteiger partial charge in [-0.3, -0.25) is 4.79 Å². The lowest BCUT2D eigenvalue weighted by molar-refractivity contribution is -0.136. The number of ether oxygens (including phenoxy) is 1. The van der Waals surface area contributed by atoms with Gasteiger partial charge in [0, 0.05) is 25.5 Å². The second kappa shape index (κ2) is 7.84. The van der Waals surface area contributed by atoms with Gasteiger partial charge in [-0.25, -0.2) is 24.9 Å². The number of likely N-dealkylation sites (tertiary alicyclic amines) is 1. The Bertz CT molecular complexity index is 1110. The van der Waals surface area contributed by atoms with Crippen LogP contribution in [-0.4, -0.2) is 71.6 Å². The SMILES string of the molecule is CC[C@@H](Nc1ncnc2c1nc(-c1cnc(C)nc1)n2CC)C(=O)N1C[C@H]2C[C@@H]1CO2. The standard InChI is InChI=1S/C21H26N8O2/c1-4-16(21(30)29-9-15-6-14(29)10-31-15)26-18-17-20(25-11-24-18)28(5-2)19(27-17)13-7-22-12(3)23-8-13/h7-8,11,14-16H,4-6,9-10H2,1-3H3,(H,24,25,26)/t14-,15-,16-/m1/s1. The predicted molar refractivity (Wildman–Crippen MR) is 114 cm³/mol. The van der Waals surface area contributed by atoms with Gasteiger partial charge in [-0.05, 0) is 26.7 Å². The van der Waals surface area contributed by atoms with Gasteiger partial charge < -0.3 is 19.5 Å². The molecule has 2 aliphatic heterocycles. The predicted octanol–water partition coefficient (Wildman–Crippen LogP) is 1.80. The van der Waals surface area contributed by atoms with Crippen molar-refractivity contribution in [2.45, 2.75) is 58.3 Å². The summed E-state index contributed by atoms with van der Waals surface area (Å²) in [4.78, 5) is 37.5. The van der Waals surface area contributed by atoms with Crippen LogP contribution in [-0.2, 0) is 16.1 Å². The fourth-order valence-electron chi connectivity index (χ4n) is 4.44. The number of carbonyl (C=O) groups is 1. The van der Waals surface area contributed by atoms with Gasteiger partial charge in [0.25, 0.3) is 0 Å². The fourth-order valence-corrected chi connectivity index (χ4v) is 4.44. The molecule has 2 fully saturated rings. The molecule has 2 saturated heterocycles. The molecule has 3 atom stereocenters. The van der Waals surface area contributed by atoms with Crippen LogP contribution >= 0.6 is 0 Å². The first-order chi connectivity index (χ1) is 15.1. The van der Waals surface area contributed by atoms with E-state index >= 15 is 0 Å². The lowest BCUT2D eigenvalue weighted by Crippen LogP contribution is -2.48. The smallest absolute Gasteiger partial charge is 0.245 e. The zero-order valence-electron chi connectivity index (χ0n) is 17.9. The van der Waals surface area contributed by atoms with E-state index in [0.717, 1.165) is 17.8 Å². The van der Waals surface area contributed by atoms with Crippen LogP contribution in [0.2, 0.25) is 0 Å². The summed E-state index contributed by atoms with van der Waals surface area (Å²) in [5.74, 6) is 2.09. The van der Waals surface area contributed by atoms with Crippen LogP contribution in [0.5, 0.6) is 0 Å². The number of nitrogens with zero attached hydrogens (tertiary/aromatic N) is 7. The van der Waals surface area contributed by atoms with Crippen molar-refractivity contribution in [1.82, 2.24) is 34.4 Å². The van der Waals surface area contributed by atoms with Crippen molar-refractivity contribution in [1.29, 1.82) is 0 Å². The molecule has 3 aromatic rings. The molecule has 162 valence electrons. The summed E-state index contributed by atoms with van der Waals surface area (Å²) in [6.07, 6.45) is 6.79. The maximum atomic E-state index is 13.2. The van der Waals surface area contributed by atoms with E-state index in [1.165, 1.54) is 6.33 Å². The number of aryl methyl sites for hydroxylation is 2. The maximum Gasteiger partial charge on any atom is 0.245 e. The molecule has 2 bridgehead atoms. The molecule has 1 N–H and O–H groups in total. The van der Waals surface area contributed by atoms with E-state index in [4.69, 9.17) is 9.72 Å². The normalized spacial score (nSPS) is 21.1. The number of hydrogen-bond donors (Lipinski definition) is 1. The Morgan fingerprint density at radius 2 is 2.06 bits per heavy atom. The lowest BCUT2D eigenvalue weighted by Gasteiger charge is -2.30. The first kappa shape index (κ1) is 19.8. The van der Waals surface area contributed by atoms with Crippen molar-refractivity contribution >= 4 is 22.9 Å². The van der Waals surface area contributed by atoms with Crippen LogP contribution in [0.4, 0.5) is 5.82 Å². The fraction of sp³-hybridized carbons (Fsp3) is 0.524. The number of amides is 1. The Morgan fingerprint density at radius 3 is 2.71 bits per heavy atom. The van der Waals surface area contributed by atoms with E-state index in [1.54, 1.807) is 12.4 Å². The maximum absolute atomic E-state index is 13.2. The molecule has 2 aliphatic rings. The lowest BCUT2D eigenvalue weighted by atomic mass is 10.1. The monoisotopic (exact) mass is 422 g/mol. The van der Waals surface area contributed by atoms with Crippen LogP contribution < -0.4 is 5.32 Å². The van der Waals surface area contributed by atoms with Gasteiger partial charge in [-0.2, -0.15) is 0 Å². The van der Waals surface area contributed by atoms with Gasteiger partial charge in [0.2, 0.25) is 5.91 Å². The average molecular weight is 422 g/mol. The van der Waals surface area contributed by atoms with Crippen LogP contribution in [0, 0.1) is 6.92 Å². The number of rotatable bonds is 6. The van der Waals surface area contributed by atoms with E-state index in [1.807, 2.05) is 30.2 Å². The molecule has 5 rings (SSSR count). The minimum absolute atomic E-state index is 0.0899. The zero-order valence-corrected chi connectivity index (χ0v) is 17.9. The molecule has 0 radical (unpaired) electrons. The van der Waals surface area contributed by atoms with Gasteiger partial charge in [-0.1, -0.05) is 6.92 Å². The quantitative estimate of drug-likeness (QED) is 0.640. The molecule has 5 heterocycles. The van der Waals surface area contributed by atoms with E-state index in [2.05, 4.69) is 25.3 Å². The Kier molecular flexibility index (Phi) is 5.01. The molecular weight excluding hydrogens is 396 g/mol. The third-order valence-electron chi connectivity index (χ3n) is 6.09. The van der Waals surface area contributed by atoms with Gasteiger partial charge in [0.15, 0.2) is 17.0 Å². The minimum atomic E-state index is -0.379. The summed E-state index contributed by atoms with van der Waals surface area (Å²) in [7, 11) is 0. The van der Waals surface area contributed by atoms with Crippen LogP contribution in [0.3, 0.4) is 0 Å². The summed E-state index contributed by atoms with van der Waals surface area (Å²) >= 11 is 0. The summed E-state index contributed by atoms with van der Waals surface area (Å²) in [5, 5.41) is 3.34. The van der Waals surface area contributed by atoms with Crippen molar-refractivity contribution in [3.63, 3.8) is 0 Å². The second-order valence-electron chi connectivity index (χ2n) is 8.03. The summed E-state index contributed by atoms with van der Waals surface area (Å²) < 4.78 is 7.65. The molecule has 0 aliphatic carbocycles. The number of carbonyl (C=O) groups excluding carboxylic acids is 1. The number of hydrogen-bond acceptors (Lipinski definition) is 8. The Balaban J connectivity index is 1.48. The van der Waals surface area contributed by atoms with E-state index < -0.39 is 0 Å². The molecule has 31 heavy (non-hydrogen) atoms. The zero-order chi connectivity index (χ0) is 21.5. The number of morpholine rings is 1. The molecule has 10 heteroatoms. The third-order valence-corrected chi connectivity index (χ3v) is 6.09. The van der Waals surface area contributed by atoms with E-state index in [-0.39, 0.29) is 24.1 Å².